The maximum atomic E-state index is 14.6. The van der Waals surface area contributed by atoms with Crippen molar-refractivity contribution in [3.8, 4) is 6.01 Å². The molecule has 5 aromatic rings. The van der Waals surface area contributed by atoms with Crippen LogP contribution in [0.25, 0.3) is 21.8 Å². The fourth-order valence-corrected chi connectivity index (χ4v) is 3.96. The van der Waals surface area contributed by atoms with Gasteiger partial charge in [-0.15, -0.1) is 0 Å². The highest BCUT2D eigenvalue weighted by atomic mass is 19.1. The predicted octanol–water partition coefficient (Wildman–Crippen LogP) is 2.98. The number of nitrogens with one attached hydrogen (secondary N) is 2. The van der Waals surface area contributed by atoms with Gasteiger partial charge in [0.15, 0.2) is 5.82 Å². The van der Waals surface area contributed by atoms with Crippen LogP contribution in [-0.2, 0) is 20.7 Å². The van der Waals surface area contributed by atoms with Gasteiger partial charge in [0.25, 0.3) is 5.91 Å². The number of hydrogen-bond donors (Lipinski definition) is 3. The zero-order chi connectivity index (χ0) is 26.1. The molecule has 0 fully saturated rings. The van der Waals surface area contributed by atoms with Crippen LogP contribution in [0.1, 0.15) is 22.8 Å². The summed E-state index contributed by atoms with van der Waals surface area (Å²) in [6.45, 7) is 2.62. The van der Waals surface area contributed by atoms with E-state index in [4.69, 9.17) is 10.5 Å². The molecular weight excluding hydrogens is 477 g/mol. The number of aryl methyl sites for hydroxylation is 2. The number of carbonyl (C=O) groups is 1. The number of benzene rings is 2. The van der Waals surface area contributed by atoms with E-state index in [1.807, 2.05) is 20.2 Å². The van der Waals surface area contributed by atoms with Crippen LogP contribution in [0.2, 0.25) is 0 Å². The molecule has 190 valence electrons. The number of halogens is 1. The monoisotopic (exact) mass is 503 g/mol. The molecule has 4 N–H and O–H groups in total. The molecular formula is C25H26FN9O2. The van der Waals surface area contributed by atoms with E-state index < -0.39 is 11.7 Å². The van der Waals surface area contributed by atoms with Gasteiger partial charge < -0.3 is 21.1 Å². The Labute approximate surface area is 211 Å². The van der Waals surface area contributed by atoms with Crippen LogP contribution in [-0.4, -0.2) is 48.0 Å². The van der Waals surface area contributed by atoms with Crippen molar-refractivity contribution >= 4 is 39.1 Å². The standard InChI is InChI=1S/C25H26FN9O2/c1-14(27)8-28-21-5-4-18(24(36)31-17-6-16-12-35(3)33-22(16)20(26)7-17)23-19(21)10-29-25(32-23)37-13-15-9-30-34(2)11-15/h4-7,9-12,14,28H,8,13,27H2,1-3H3,(H,31,36)/t14-/m1/s1. The molecule has 0 aliphatic heterocycles. The number of amides is 1. The highest BCUT2D eigenvalue weighted by Gasteiger charge is 2.18. The van der Waals surface area contributed by atoms with Gasteiger partial charge in [-0.1, -0.05) is 0 Å². The molecule has 1 amide bonds. The van der Waals surface area contributed by atoms with Crippen molar-refractivity contribution < 1.29 is 13.9 Å². The van der Waals surface area contributed by atoms with Gasteiger partial charge in [0.2, 0.25) is 0 Å². The lowest BCUT2D eigenvalue weighted by molar-refractivity contribution is 0.102. The van der Waals surface area contributed by atoms with Crippen LogP contribution in [0.15, 0.2) is 49.1 Å². The number of nitrogens with zero attached hydrogens (tertiary/aromatic N) is 6. The van der Waals surface area contributed by atoms with Crippen molar-refractivity contribution in [2.45, 2.75) is 19.6 Å². The van der Waals surface area contributed by atoms with Crippen molar-refractivity contribution in [2.24, 2.45) is 19.8 Å². The molecule has 0 aliphatic carbocycles. The Hall–Kier alpha value is -4.58. The highest BCUT2D eigenvalue weighted by molar-refractivity contribution is 6.14. The van der Waals surface area contributed by atoms with E-state index in [1.54, 1.807) is 48.5 Å². The van der Waals surface area contributed by atoms with Gasteiger partial charge in [-0.05, 0) is 31.2 Å². The first-order chi connectivity index (χ1) is 17.8. The van der Waals surface area contributed by atoms with E-state index in [-0.39, 0.29) is 29.7 Å². The Morgan fingerprint density at radius 1 is 1.16 bits per heavy atom. The number of carbonyl (C=O) groups excluding carboxylic acids is 1. The van der Waals surface area contributed by atoms with Crippen LogP contribution in [0.5, 0.6) is 6.01 Å². The van der Waals surface area contributed by atoms with Gasteiger partial charge in [0.1, 0.15) is 12.1 Å². The van der Waals surface area contributed by atoms with E-state index in [1.165, 1.54) is 10.7 Å². The molecule has 0 saturated heterocycles. The third-order valence-corrected chi connectivity index (χ3v) is 5.65. The van der Waals surface area contributed by atoms with Crippen LogP contribution in [0.4, 0.5) is 15.8 Å². The number of hydrogen-bond acceptors (Lipinski definition) is 8. The van der Waals surface area contributed by atoms with E-state index >= 15 is 0 Å². The third-order valence-electron chi connectivity index (χ3n) is 5.65. The van der Waals surface area contributed by atoms with Crippen LogP contribution < -0.4 is 21.1 Å². The number of rotatable bonds is 8. The predicted molar refractivity (Wildman–Crippen MR) is 138 cm³/mol. The minimum Gasteiger partial charge on any atom is -0.458 e. The molecule has 0 unspecified atom stereocenters. The first kappa shape index (κ1) is 24.1. The van der Waals surface area contributed by atoms with E-state index in [0.29, 0.717) is 28.5 Å². The summed E-state index contributed by atoms with van der Waals surface area (Å²) in [6, 6.07) is 6.35. The summed E-state index contributed by atoms with van der Waals surface area (Å²) in [5.74, 6) is -0.981. The Morgan fingerprint density at radius 2 is 2.00 bits per heavy atom. The molecule has 0 spiro atoms. The molecule has 0 radical (unpaired) electrons. The molecule has 3 heterocycles. The van der Waals surface area contributed by atoms with Gasteiger partial charge in [0, 0.05) is 73.0 Å². The number of nitrogens with two attached hydrogens (primary N) is 1. The van der Waals surface area contributed by atoms with Crippen molar-refractivity contribution in [3.05, 3.63) is 66.0 Å². The van der Waals surface area contributed by atoms with Gasteiger partial charge >= 0.3 is 6.01 Å². The molecule has 0 saturated carbocycles. The topological polar surface area (TPSA) is 138 Å². The quantitative estimate of drug-likeness (QED) is 0.294. The van der Waals surface area contributed by atoms with Crippen molar-refractivity contribution in [2.75, 3.05) is 17.2 Å². The molecule has 12 heteroatoms. The summed E-state index contributed by atoms with van der Waals surface area (Å²) in [7, 11) is 3.52. The molecule has 5 rings (SSSR count). The van der Waals surface area contributed by atoms with Crippen molar-refractivity contribution in [1.29, 1.82) is 0 Å². The third kappa shape index (κ3) is 5.19. The summed E-state index contributed by atoms with van der Waals surface area (Å²) in [6.07, 6.45) is 6.80. The summed E-state index contributed by atoms with van der Waals surface area (Å²) < 4.78 is 23.5. The Balaban J connectivity index is 1.48. The second-order valence-electron chi connectivity index (χ2n) is 8.90. The average Bonchev–Trinajstić information content (AvgIpc) is 3.45. The number of ether oxygens (including phenoxy) is 1. The van der Waals surface area contributed by atoms with Gasteiger partial charge in [-0.25, -0.2) is 9.37 Å². The summed E-state index contributed by atoms with van der Waals surface area (Å²) in [4.78, 5) is 22.2. The van der Waals surface area contributed by atoms with E-state index in [0.717, 1.165) is 11.3 Å². The number of fused-ring (bicyclic) bond motifs is 2. The molecule has 0 bridgehead atoms. The molecule has 2 aromatic carbocycles. The minimum atomic E-state index is -0.526. The van der Waals surface area contributed by atoms with Crippen LogP contribution in [0.3, 0.4) is 0 Å². The highest BCUT2D eigenvalue weighted by Crippen LogP contribution is 2.28. The SMILES string of the molecule is C[C@@H](N)CNc1ccc(C(=O)Nc2cc(F)c3nn(C)cc3c2)c2nc(OCc3cnn(C)c3)ncc12. The largest absolute Gasteiger partial charge is 0.458 e. The van der Waals surface area contributed by atoms with Gasteiger partial charge in [-0.2, -0.15) is 15.2 Å². The molecule has 0 aliphatic rings. The Kier molecular flexibility index (Phi) is 6.40. The van der Waals surface area contributed by atoms with Crippen molar-refractivity contribution in [3.63, 3.8) is 0 Å². The first-order valence-electron chi connectivity index (χ1n) is 11.6. The normalized spacial score (nSPS) is 12.1. The summed E-state index contributed by atoms with van der Waals surface area (Å²) in [5, 5.41) is 15.5. The fraction of sp³-hybridized carbons (Fsp3) is 0.240. The molecule has 1 atom stereocenters. The van der Waals surface area contributed by atoms with E-state index in [9.17, 15) is 9.18 Å². The second kappa shape index (κ2) is 9.82. The zero-order valence-corrected chi connectivity index (χ0v) is 20.6. The summed E-state index contributed by atoms with van der Waals surface area (Å²) in [5.41, 5.74) is 8.68. The smallest absolute Gasteiger partial charge is 0.317 e. The average molecular weight is 504 g/mol. The maximum absolute atomic E-state index is 14.6. The lowest BCUT2D eigenvalue weighted by Crippen LogP contribution is -2.25. The molecule has 11 nitrogen and oxygen atoms in total. The molecule has 37 heavy (non-hydrogen) atoms. The second-order valence-corrected chi connectivity index (χ2v) is 8.90. The summed E-state index contributed by atoms with van der Waals surface area (Å²) >= 11 is 0. The molecule has 3 aromatic heterocycles. The lowest BCUT2D eigenvalue weighted by atomic mass is 10.1. The maximum Gasteiger partial charge on any atom is 0.317 e. The van der Waals surface area contributed by atoms with Crippen LogP contribution >= 0.6 is 0 Å². The first-order valence-corrected chi connectivity index (χ1v) is 11.6. The minimum absolute atomic E-state index is 0.0849. The van der Waals surface area contributed by atoms with Gasteiger partial charge in [0.05, 0.1) is 17.3 Å². The number of aromatic nitrogens is 6. The lowest BCUT2D eigenvalue weighted by Gasteiger charge is -2.14. The Bertz CT molecular complexity index is 1610. The van der Waals surface area contributed by atoms with Gasteiger partial charge in [-0.3, -0.25) is 14.2 Å². The fourth-order valence-electron chi connectivity index (χ4n) is 3.96. The Morgan fingerprint density at radius 3 is 2.76 bits per heavy atom. The van der Waals surface area contributed by atoms with Crippen LogP contribution in [0, 0.1) is 5.82 Å². The van der Waals surface area contributed by atoms with Crippen molar-refractivity contribution in [1.82, 2.24) is 29.5 Å². The van der Waals surface area contributed by atoms with E-state index in [2.05, 4.69) is 30.8 Å². The zero-order valence-electron chi connectivity index (χ0n) is 20.6. The number of anilines is 2.